The van der Waals surface area contributed by atoms with Gasteiger partial charge in [-0.3, -0.25) is 4.79 Å². The summed E-state index contributed by atoms with van der Waals surface area (Å²) in [6.45, 7) is 9.16. The van der Waals surface area contributed by atoms with Gasteiger partial charge in [0, 0.05) is 41.6 Å². The highest BCUT2D eigenvalue weighted by molar-refractivity contribution is 6.11. The number of carbonyl (C=O) groups is 2. The van der Waals surface area contributed by atoms with E-state index < -0.39 is 6.09 Å². The zero-order chi connectivity index (χ0) is 24.0. The Kier molecular flexibility index (Phi) is 7.79. The van der Waals surface area contributed by atoms with Crippen molar-refractivity contribution in [1.29, 1.82) is 0 Å². The van der Waals surface area contributed by atoms with E-state index in [2.05, 4.69) is 31.4 Å². The molecule has 0 aliphatic heterocycles. The summed E-state index contributed by atoms with van der Waals surface area (Å²) in [7, 11) is 1.65. The maximum Gasteiger partial charge on any atom is 0.412 e. The monoisotopic (exact) mass is 450 g/mol. The van der Waals surface area contributed by atoms with Crippen molar-refractivity contribution in [2.75, 3.05) is 20.2 Å². The largest absolute Gasteiger partial charge is 0.495 e. The van der Waals surface area contributed by atoms with Gasteiger partial charge in [-0.1, -0.05) is 69.3 Å². The van der Waals surface area contributed by atoms with E-state index in [1.807, 2.05) is 48.5 Å². The van der Waals surface area contributed by atoms with Gasteiger partial charge in [0.2, 0.25) is 5.91 Å². The number of hydrogen-bond donors (Lipinski definition) is 2. The average molecular weight is 451 g/mol. The standard InChI is InChI=1S/C27H34N2O4/c1-18(16-27(3,4)14-15-28-19(2)30)17-29-26(31)33-25-22-12-8-6-10-20(22)24(32-5)21-11-7-9-13-23(21)25/h6-13,18H,14-17H2,1-5H3,(H,28,30)(H,29,31). The smallest absolute Gasteiger partial charge is 0.412 e. The van der Waals surface area contributed by atoms with Gasteiger partial charge in [-0.25, -0.2) is 4.79 Å². The Hall–Kier alpha value is -3.28. The molecule has 6 heteroatoms. The SMILES string of the molecule is COc1c2ccccc2c(OC(=O)NCC(C)CC(C)(C)CCNC(C)=O)c2ccccc12. The molecular weight excluding hydrogens is 416 g/mol. The van der Waals surface area contributed by atoms with Crippen molar-refractivity contribution in [3.63, 3.8) is 0 Å². The van der Waals surface area contributed by atoms with Gasteiger partial charge < -0.3 is 20.1 Å². The summed E-state index contributed by atoms with van der Waals surface area (Å²) in [6, 6.07) is 15.5. The lowest BCUT2D eigenvalue weighted by atomic mass is 9.80. The van der Waals surface area contributed by atoms with Crippen LogP contribution in [0.25, 0.3) is 21.5 Å². The van der Waals surface area contributed by atoms with Crippen LogP contribution in [0.2, 0.25) is 0 Å². The third-order valence-electron chi connectivity index (χ3n) is 5.90. The highest BCUT2D eigenvalue weighted by Crippen LogP contribution is 2.42. The molecule has 0 fully saturated rings. The van der Waals surface area contributed by atoms with Crippen LogP contribution in [-0.2, 0) is 4.79 Å². The van der Waals surface area contributed by atoms with Crippen molar-refractivity contribution in [2.24, 2.45) is 11.3 Å². The van der Waals surface area contributed by atoms with E-state index in [9.17, 15) is 9.59 Å². The fraction of sp³-hybridized carbons (Fsp3) is 0.407. The normalized spacial score (nSPS) is 12.4. The molecule has 0 radical (unpaired) electrons. The molecule has 3 aromatic carbocycles. The molecule has 0 aromatic heterocycles. The number of nitrogens with one attached hydrogen (secondary N) is 2. The number of amides is 2. The lowest BCUT2D eigenvalue weighted by Crippen LogP contribution is -2.33. The van der Waals surface area contributed by atoms with E-state index >= 15 is 0 Å². The van der Waals surface area contributed by atoms with Crippen LogP contribution >= 0.6 is 0 Å². The number of benzene rings is 3. The van der Waals surface area contributed by atoms with Gasteiger partial charge in [-0.15, -0.1) is 0 Å². The Morgan fingerprint density at radius 2 is 1.42 bits per heavy atom. The van der Waals surface area contributed by atoms with Gasteiger partial charge in [0.1, 0.15) is 11.5 Å². The highest BCUT2D eigenvalue weighted by Gasteiger charge is 2.22. The number of methoxy groups -OCH3 is 1. The predicted molar refractivity (Wildman–Crippen MR) is 133 cm³/mol. The van der Waals surface area contributed by atoms with E-state index in [0.29, 0.717) is 18.8 Å². The van der Waals surface area contributed by atoms with Crippen LogP contribution in [0.5, 0.6) is 11.5 Å². The predicted octanol–water partition coefficient (Wildman–Crippen LogP) is 5.67. The fourth-order valence-electron chi connectivity index (χ4n) is 4.46. The van der Waals surface area contributed by atoms with Crippen LogP contribution in [0.1, 0.15) is 40.5 Å². The number of hydrogen-bond acceptors (Lipinski definition) is 4. The lowest BCUT2D eigenvalue weighted by Gasteiger charge is -2.28. The molecule has 3 rings (SSSR count). The second-order valence-electron chi connectivity index (χ2n) is 9.43. The summed E-state index contributed by atoms with van der Waals surface area (Å²) >= 11 is 0. The summed E-state index contributed by atoms with van der Waals surface area (Å²) in [5.74, 6) is 1.54. The fourth-order valence-corrected chi connectivity index (χ4v) is 4.46. The first kappa shape index (κ1) is 24.4. The van der Waals surface area contributed by atoms with Crippen molar-refractivity contribution in [2.45, 2.75) is 40.5 Å². The van der Waals surface area contributed by atoms with Crippen molar-refractivity contribution in [3.8, 4) is 11.5 Å². The maximum absolute atomic E-state index is 12.8. The van der Waals surface area contributed by atoms with E-state index in [-0.39, 0.29) is 17.2 Å². The molecule has 1 unspecified atom stereocenters. The molecule has 2 amide bonds. The van der Waals surface area contributed by atoms with Crippen molar-refractivity contribution >= 4 is 33.5 Å². The van der Waals surface area contributed by atoms with Gasteiger partial charge in [-0.05, 0) is 24.2 Å². The number of fused-ring (bicyclic) bond motifs is 2. The third-order valence-corrected chi connectivity index (χ3v) is 5.90. The molecule has 0 aliphatic carbocycles. The van der Waals surface area contributed by atoms with Gasteiger partial charge in [-0.2, -0.15) is 0 Å². The second kappa shape index (κ2) is 10.6. The topological polar surface area (TPSA) is 76.7 Å². The van der Waals surface area contributed by atoms with Crippen LogP contribution in [0.15, 0.2) is 48.5 Å². The third kappa shape index (κ3) is 6.15. The minimum absolute atomic E-state index is 0.0122. The van der Waals surface area contributed by atoms with Crippen molar-refractivity contribution < 1.29 is 19.1 Å². The van der Waals surface area contributed by atoms with Crippen LogP contribution in [-0.4, -0.2) is 32.2 Å². The summed E-state index contributed by atoms with van der Waals surface area (Å²) in [5.41, 5.74) is 0.0514. The molecule has 6 nitrogen and oxygen atoms in total. The summed E-state index contributed by atoms with van der Waals surface area (Å²) in [6.07, 6.45) is 1.32. The Bertz CT molecular complexity index is 1080. The lowest BCUT2D eigenvalue weighted by molar-refractivity contribution is -0.119. The van der Waals surface area contributed by atoms with E-state index in [1.165, 1.54) is 6.92 Å². The number of rotatable bonds is 9. The Balaban J connectivity index is 1.70. The highest BCUT2D eigenvalue weighted by atomic mass is 16.6. The molecule has 0 spiro atoms. The van der Waals surface area contributed by atoms with Crippen LogP contribution in [0, 0.1) is 11.3 Å². The van der Waals surface area contributed by atoms with Gasteiger partial charge in [0.15, 0.2) is 0 Å². The van der Waals surface area contributed by atoms with Crippen LogP contribution in [0.3, 0.4) is 0 Å². The molecule has 1 atom stereocenters. The summed E-state index contributed by atoms with van der Waals surface area (Å²) < 4.78 is 11.5. The molecule has 0 bridgehead atoms. The maximum atomic E-state index is 12.8. The Labute approximate surface area is 195 Å². The molecule has 0 aliphatic rings. The molecule has 3 aromatic rings. The van der Waals surface area contributed by atoms with Gasteiger partial charge >= 0.3 is 6.09 Å². The van der Waals surface area contributed by atoms with Gasteiger partial charge in [0.05, 0.1) is 7.11 Å². The Morgan fingerprint density at radius 3 is 1.91 bits per heavy atom. The molecular formula is C27H34N2O4. The molecule has 0 heterocycles. The van der Waals surface area contributed by atoms with Crippen LogP contribution < -0.4 is 20.1 Å². The molecule has 176 valence electrons. The van der Waals surface area contributed by atoms with Crippen molar-refractivity contribution in [1.82, 2.24) is 10.6 Å². The number of ether oxygens (including phenoxy) is 2. The number of carbonyl (C=O) groups excluding carboxylic acids is 2. The zero-order valence-electron chi connectivity index (χ0n) is 20.2. The summed E-state index contributed by atoms with van der Waals surface area (Å²) in [4.78, 5) is 23.9. The molecule has 33 heavy (non-hydrogen) atoms. The first-order chi connectivity index (χ1) is 15.7. The van der Waals surface area contributed by atoms with E-state index in [4.69, 9.17) is 9.47 Å². The Morgan fingerprint density at radius 1 is 0.909 bits per heavy atom. The first-order valence-corrected chi connectivity index (χ1v) is 11.4. The average Bonchev–Trinajstić information content (AvgIpc) is 2.77. The van der Waals surface area contributed by atoms with Crippen LogP contribution in [0.4, 0.5) is 4.79 Å². The minimum Gasteiger partial charge on any atom is -0.495 e. The van der Waals surface area contributed by atoms with E-state index in [1.54, 1.807) is 7.11 Å². The van der Waals surface area contributed by atoms with Gasteiger partial charge in [0.25, 0.3) is 0 Å². The van der Waals surface area contributed by atoms with E-state index in [0.717, 1.165) is 40.1 Å². The minimum atomic E-state index is -0.474. The second-order valence-corrected chi connectivity index (χ2v) is 9.43. The molecule has 0 saturated heterocycles. The zero-order valence-corrected chi connectivity index (χ0v) is 20.2. The molecule has 0 saturated carbocycles. The quantitative estimate of drug-likeness (QED) is 0.412. The molecule has 2 N–H and O–H groups in total. The van der Waals surface area contributed by atoms with Crippen molar-refractivity contribution in [3.05, 3.63) is 48.5 Å². The first-order valence-electron chi connectivity index (χ1n) is 11.4. The summed E-state index contributed by atoms with van der Waals surface area (Å²) in [5, 5.41) is 9.23.